The molecule has 1 aromatic carbocycles. The van der Waals surface area contributed by atoms with Crippen molar-refractivity contribution >= 4 is 5.97 Å². The van der Waals surface area contributed by atoms with Crippen molar-refractivity contribution in [3.63, 3.8) is 0 Å². The number of nitrogens with zero attached hydrogens (tertiary/aromatic N) is 2. The molecule has 3 rings (SSSR count). The maximum atomic E-state index is 11.6. The van der Waals surface area contributed by atoms with Gasteiger partial charge in [-0.3, -0.25) is 4.90 Å². The molecule has 2 heterocycles. The van der Waals surface area contributed by atoms with E-state index in [1.165, 1.54) is 12.7 Å². The highest BCUT2D eigenvalue weighted by Crippen LogP contribution is 2.37. The fourth-order valence-electron chi connectivity index (χ4n) is 3.13. The second-order valence-corrected chi connectivity index (χ2v) is 5.74. The standard InChI is InChI=1S/C16H22N2O3/c1-17-6-8-18(9-7-17)14-5-10-21-15-11-12(16(19)20-2)3-4-13(14)15/h3-4,11,14H,5-10H2,1-2H3/t14-/m1/s1. The maximum absolute atomic E-state index is 11.6. The lowest BCUT2D eigenvalue weighted by Crippen LogP contribution is -2.46. The Labute approximate surface area is 125 Å². The van der Waals surface area contributed by atoms with Crippen molar-refractivity contribution in [2.75, 3.05) is 46.9 Å². The smallest absolute Gasteiger partial charge is 0.337 e. The Bertz CT molecular complexity index is 524. The van der Waals surface area contributed by atoms with Crippen molar-refractivity contribution in [1.82, 2.24) is 9.80 Å². The zero-order valence-electron chi connectivity index (χ0n) is 12.7. The lowest BCUT2D eigenvalue weighted by molar-refractivity contribution is 0.0598. The summed E-state index contributed by atoms with van der Waals surface area (Å²) in [4.78, 5) is 16.5. The van der Waals surface area contributed by atoms with E-state index in [1.54, 1.807) is 0 Å². The number of hydrogen-bond donors (Lipinski definition) is 0. The SMILES string of the molecule is COC(=O)c1ccc2c(c1)OCC[C@H]2N1CCN(C)CC1. The summed E-state index contributed by atoms with van der Waals surface area (Å²) >= 11 is 0. The van der Waals surface area contributed by atoms with Gasteiger partial charge in [0.1, 0.15) is 5.75 Å². The fraction of sp³-hybridized carbons (Fsp3) is 0.562. The molecule has 1 fully saturated rings. The number of fused-ring (bicyclic) bond motifs is 1. The molecule has 2 aliphatic rings. The maximum Gasteiger partial charge on any atom is 0.337 e. The van der Waals surface area contributed by atoms with E-state index in [0.29, 0.717) is 18.2 Å². The van der Waals surface area contributed by atoms with Crippen LogP contribution in [0.3, 0.4) is 0 Å². The van der Waals surface area contributed by atoms with Crippen LogP contribution >= 0.6 is 0 Å². The molecule has 0 unspecified atom stereocenters. The monoisotopic (exact) mass is 290 g/mol. The summed E-state index contributed by atoms with van der Waals surface area (Å²) in [6, 6.07) is 6.06. The van der Waals surface area contributed by atoms with Crippen LogP contribution in [-0.2, 0) is 4.74 Å². The van der Waals surface area contributed by atoms with Gasteiger partial charge < -0.3 is 14.4 Å². The third-order valence-corrected chi connectivity index (χ3v) is 4.42. The van der Waals surface area contributed by atoms with Crippen molar-refractivity contribution in [3.8, 4) is 5.75 Å². The minimum absolute atomic E-state index is 0.317. The molecule has 2 aliphatic heterocycles. The highest BCUT2D eigenvalue weighted by Gasteiger charge is 2.29. The summed E-state index contributed by atoms with van der Waals surface area (Å²) in [7, 11) is 3.56. The van der Waals surface area contributed by atoms with Gasteiger partial charge in [0.2, 0.25) is 0 Å². The van der Waals surface area contributed by atoms with Gasteiger partial charge in [-0.25, -0.2) is 4.79 Å². The molecule has 1 saturated heterocycles. The van der Waals surface area contributed by atoms with E-state index in [9.17, 15) is 4.79 Å². The van der Waals surface area contributed by atoms with E-state index in [4.69, 9.17) is 9.47 Å². The van der Waals surface area contributed by atoms with Crippen molar-refractivity contribution in [3.05, 3.63) is 29.3 Å². The summed E-state index contributed by atoms with van der Waals surface area (Å²) in [5.41, 5.74) is 1.74. The predicted molar refractivity (Wildman–Crippen MR) is 79.7 cm³/mol. The molecule has 1 aromatic rings. The number of carbonyl (C=O) groups is 1. The largest absolute Gasteiger partial charge is 0.493 e. The number of ether oxygens (including phenoxy) is 2. The van der Waals surface area contributed by atoms with Crippen LogP contribution in [0.5, 0.6) is 5.75 Å². The molecule has 0 aromatic heterocycles. The highest BCUT2D eigenvalue weighted by atomic mass is 16.5. The van der Waals surface area contributed by atoms with E-state index in [-0.39, 0.29) is 5.97 Å². The predicted octanol–water partition coefficient (Wildman–Crippen LogP) is 1.54. The van der Waals surface area contributed by atoms with Crippen molar-refractivity contribution < 1.29 is 14.3 Å². The van der Waals surface area contributed by atoms with E-state index in [0.717, 1.165) is 38.3 Å². The number of benzene rings is 1. The van der Waals surface area contributed by atoms with Gasteiger partial charge in [0.05, 0.1) is 19.3 Å². The van der Waals surface area contributed by atoms with Gasteiger partial charge >= 0.3 is 5.97 Å². The van der Waals surface area contributed by atoms with Crippen LogP contribution in [0.25, 0.3) is 0 Å². The quantitative estimate of drug-likeness (QED) is 0.773. The van der Waals surface area contributed by atoms with Crippen LogP contribution < -0.4 is 4.74 Å². The Morgan fingerprint density at radius 1 is 1.29 bits per heavy atom. The highest BCUT2D eigenvalue weighted by molar-refractivity contribution is 5.90. The summed E-state index contributed by atoms with van der Waals surface area (Å²) in [6.07, 6.45) is 1.01. The molecular weight excluding hydrogens is 268 g/mol. The van der Waals surface area contributed by atoms with Gasteiger partial charge in [-0.2, -0.15) is 0 Å². The number of rotatable bonds is 2. The van der Waals surface area contributed by atoms with Crippen LogP contribution in [0, 0.1) is 0 Å². The lowest BCUT2D eigenvalue weighted by atomic mass is 9.96. The summed E-state index contributed by atoms with van der Waals surface area (Å²) in [5.74, 6) is 0.510. The Kier molecular flexibility index (Phi) is 4.12. The van der Waals surface area contributed by atoms with E-state index < -0.39 is 0 Å². The number of carbonyl (C=O) groups excluding carboxylic acids is 1. The molecule has 5 nitrogen and oxygen atoms in total. The number of hydrogen-bond acceptors (Lipinski definition) is 5. The van der Waals surface area contributed by atoms with Gasteiger partial charge in [-0.15, -0.1) is 0 Å². The average Bonchev–Trinajstić information content (AvgIpc) is 2.54. The molecule has 1 atom stereocenters. The van der Waals surface area contributed by atoms with Crippen molar-refractivity contribution in [2.24, 2.45) is 0 Å². The normalized spacial score (nSPS) is 23.2. The van der Waals surface area contributed by atoms with Crippen LogP contribution in [0.2, 0.25) is 0 Å². The first-order valence-electron chi connectivity index (χ1n) is 7.46. The molecule has 0 N–H and O–H groups in total. The third-order valence-electron chi connectivity index (χ3n) is 4.42. The molecule has 5 heteroatoms. The lowest BCUT2D eigenvalue weighted by Gasteiger charge is -2.40. The second-order valence-electron chi connectivity index (χ2n) is 5.74. The molecule has 0 saturated carbocycles. The van der Waals surface area contributed by atoms with Gasteiger partial charge in [-0.1, -0.05) is 6.07 Å². The van der Waals surface area contributed by atoms with Crippen LogP contribution in [0.4, 0.5) is 0 Å². The van der Waals surface area contributed by atoms with E-state index >= 15 is 0 Å². The van der Waals surface area contributed by atoms with Crippen LogP contribution in [0.15, 0.2) is 18.2 Å². The molecular formula is C16H22N2O3. The number of esters is 1. The Morgan fingerprint density at radius 3 is 2.76 bits per heavy atom. The average molecular weight is 290 g/mol. The first-order chi connectivity index (χ1) is 10.2. The third kappa shape index (κ3) is 2.89. The molecule has 0 aliphatic carbocycles. The fourth-order valence-corrected chi connectivity index (χ4v) is 3.13. The van der Waals surface area contributed by atoms with E-state index in [2.05, 4.69) is 16.8 Å². The first-order valence-corrected chi connectivity index (χ1v) is 7.46. The Hall–Kier alpha value is -1.59. The molecule has 0 radical (unpaired) electrons. The Morgan fingerprint density at radius 2 is 2.05 bits per heavy atom. The van der Waals surface area contributed by atoms with Crippen LogP contribution in [-0.4, -0.2) is 62.7 Å². The molecule has 0 bridgehead atoms. The summed E-state index contributed by atoms with van der Waals surface area (Å²) < 4.78 is 10.5. The molecule has 21 heavy (non-hydrogen) atoms. The molecule has 0 amide bonds. The van der Waals surface area contributed by atoms with Gasteiger partial charge in [0.15, 0.2) is 0 Å². The molecule has 114 valence electrons. The van der Waals surface area contributed by atoms with Crippen molar-refractivity contribution in [2.45, 2.75) is 12.5 Å². The van der Waals surface area contributed by atoms with Gasteiger partial charge in [0, 0.05) is 44.2 Å². The van der Waals surface area contributed by atoms with Crippen LogP contribution in [0.1, 0.15) is 28.4 Å². The summed E-state index contributed by atoms with van der Waals surface area (Å²) in [5, 5.41) is 0. The minimum atomic E-state index is -0.317. The van der Waals surface area contributed by atoms with Gasteiger partial charge in [0.25, 0.3) is 0 Å². The van der Waals surface area contributed by atoms with Crippen molar-refractivity contribution in [1.29, 1.82) is 0 Å². The number of methoxy groups -OCH3 is 1. The Balaban J connectivity index is 1.83. The zero-order valence-corrected chi connectivity index (χ0v) is 12.7. The number of piperazine rings is 1. The minimum Gasteiger partial charge on any atom is -0.493 e. The molecule has 0 spiro atoms. The topological polar surface area (TPSA) is 42.0 Å². The summed E-state index contributed by atoms with van der Waals surface area (Å²) in [6.45, 7) is 5.08. The van der Waals surface area contributed by atoms with E-state index in [1.807, 2.05) is 18.2 Å². The zero-order chi connectivity index (χ0) is 14.8. The first kappa shape index (κ1) is 14.4. The van der Waals surface area contributed by atoms with Gasteiger partial charge in [-0.05, 0) is 19.2 Å². The second kappa shape index (κ2) is 6.03. The number of likely N-dealkylation sites (N-methyl/N-ethyl adjacent to an activating group) is 1.